The Hall–Kier alpha value is -1.35. The molecule has 1 aliphatic heterocycles. The van der Waals surface area contributed by atoms with Crippen LogP contribution < -0.4 is 15.5 Å². The predicted octanol–water partition coefficient (Wildman–Crippen LogP) is 4.00. The van der Waals surface area contributed by atoms with Gasteiger partial charge in [0.2, 0.25) is 0 Å². The van der Waals surface area contributed by atoms with E-state index in [1.165, 1.54) is 17.7 Å². The Balaban J connectivity index is 0.00000261. The van der Waals surface area contributed by atoms with Crippen molar-refractivity contribution in [3.63, 3.8) is 0 Å². The van der Waals surface area contributed by atoms with Gasteiger partial charge in [0.25, 0.3) is 0 Å². The van der Waals surface area contributed by atoms with Crippen LogP contribution in [0.15, 0.2) is 40.8 Å². The number of hydrogen-bond donors (Lipinski definition) is 2. The molecule has 27 heavy (non-hydrogen) atoms. The highest BCUT2D eigenvalue weighted by molar-refractivity contribution is 14.0. The third-order valence-corrected chi connectivity index (χ3v) is 6.04. The molecule has 5 nitrogen and oxygen atoms in total. The molecular formula is C20H30IN5S. The molecule has 0 saturated carbocycles. The van der Waals surface area contributed by atoms with Crippen molar-refractivity contribution in [2.24, 2.45) is 4.99 Å². The molecule has 2 N–H and O–H groups in total. The van der Waals surface area contributed by atoms with E-state index in [9.17, 15) is 0 Å². The van der Waals surface area contributed by atoms with E-state index in [1.54, 1.807) is 11.3 Å². The van der Waals surface area contributed by atoms with Crippen molar-refractivity contribution in [2.45, 2.75) is 38.6 Å². The van der Waals surface area contributed by atoms with Crippen molar-refractivity contribution < 1.29 is 0 Å². The fourth-order valence-electron chi connectivity index (χ4n) is 3.12. The highest BCUT2D eigenvalue weighted by atomic mass is 127. The normalized spacial score (nSPS) is 14.8. The first-order chi connectivity index (χ1) is 12.6. The lowest BCUT2D eigenvalue weighted by molar-refractivity contribution is 0.518. The topological polar surface area (TPSA) is 52.6 Å². The number of nitrogens with zero attached hydrogens (tertiary/aromatic N) is 3. The summed E-state index contributed by atoms with van der Waals surface area (Å²) >= 11 is 1.80. The smallest absolute Gasteiger partial charge is 0.191 e. The van der Waals surface area contributed by atoms with Gasteiger partial charge in [0, 0.05) is 49.7 Å². The van der Waals surface area contributed by atoms with Crippen LogP contribution in [0.1, 0.15) is 37.1 Å². The van der Waals surface area contributed by atoms with Crippen LogP contribution >= 0.6 is 35.3 Å². The van der Waals surface area contributed by atoms with E-state index in [1.807, 2.05) is 13.2 Å². The van der Waals surface area contributed by atoms with Gasteiger partial charge in [-0.25, -0.2) is 4.98 Å². The molecular weight excluding hydrogens is 469 g/mol. The van der Waals surface area contributed by atoms with Gasteiger partial charge in [-0.15, -0.1) is 35.3 Å². The second-order valence-corrected chi connectivity index (χ2v) is 8.31. The summed E-state index contributed by atoms with van der Waals surface area (Å²) in [5.74, 6) is 1.91. The first-order valence-electron chi connectivity index (χ1n) is 9.27. The first kappa shape index (κ1) is 21.9. The number of halogens is 1. The summed E-state index contributed by atoms with van der Waals surface area (Å²) in [6, 6.07) is 8.57. The summed E-state index contributed by atoms with van der Waals surface area (Å²) in [7, 11) is 1.81. The number of anilines is 1. The molecule has 0 atom stereocenters. The third-order valence-electron chi connectivity index (χ3n) is 4.81. The van der Waals surface area contributed by atoms with Crippen LogP contribution in [-0.4, -0.2) is 37.6 Å². The van der Waals surface area contributed by atoms with Crippen molar-refractivity contribution in [1.82, 2.24) is 15.6 Å². The Kier molecular flexibility index (Phi) is 8.34. The SMILES string of the molecule is CN=C(NCc1ccc(N2CCCC2)nc1)NCC(C)(C)c1cccs1.I. The molecule has 7 heteroatoms. The van der Waals surface area contributed by atoms with Crippen LogP contribution in [0.2, 0.25) is 0 Å². The Morgan fingerprint density at radius 1 is 1.22 bits per heavy atom. The number of guanidine groups is 1. The van der Waals surface area contributed by atoms with Crippen LogP contribution in [0.4, 0.5) is 5.82 Å². The van der Waals surface area contributed by atoms with Crippen molar-refractivity contribution in [3.8, 4) is 0 Å². The molecule has 1 fully saturated rings. The second-order valence-electron chi connectivity index (χ2n) is 7.36. The van der Waals surface area contributed by atoms with E-state index in [2.05, 4.69) is 69.0 Å². The fourth-order valence-corrected chi connectivity index (χ4v) is 3.97. The molecule has 0 spiro atoms. The zero-order valence-corrected chi connectivity index (χ0v) is 19.5. The largest absolute Gasteiger partial charge is 0.357 e. The summed E-state index contributed by atoms with van der Waals surface area (Å²) in [6.07, 6.45) is 4.51. The van der Waals surface area contributed by atoms with Gasteiger partial charge >= 0.3 is 0 Å². The second kappa shape index (κ2) is 10.3. The maximum Gasteiger partial charge on any atom is 0.191 e. The summed E-state index contributed by atoms with van der Waals surface area (Å²) < 4.78 is 0. The quantitative estimate of drug-likeness (QED) is 0.359. The number of aromatic nitrogens is 1. The fraction of sp³-hybridized carbons (Fsp3) is 0.500. The predicted molar refractivity (Wildman–Crippen MR) is 127 cm³/mol. The lowest BCUT2D eigenvalue weighted by Gasteiger charge is -2.25. The molecule has 0 amide bonds. The van der Waals surface area contributed by atoms with E-state index in [4.69, 9.17) is 0 Å². The number of thiophene rings is 1. The summed E-state index contributed by atoms with van der Waals surface area (Å²) in [4.78, 5) is 12.7. The molecule has 2 aromatic rings. The number of pyridine rings is 1. The molecule has 1 aliphatic rings. The van der Waals surface area contributed by atoms with E-state index < -0.39 is 0 Å². The highest BCUT2D eigenvalue weighted by Crippen LogP contribution is 2.26. The molecule has 1 saturated heterocycles. The maximum atomic E-state index is 4.61. The zero-order valence-electron chi connectivity index (χ0n) is 16.4. The molecule has 0 unspecified atom stereocenters. The van der Waals surface area contributed by atoms with Gasteiger partial charge in [-0.3, -0.25) is 4.99 Å². The van der Waals surface area contributed by atoms with Gasteiger partial charge in [-0.1, -0.05) is 26.0 Å². The van der Waals surface area contributed by atoms with Gasteiger partial charge in [0.1, 0.15) is 5.82 Å². The minimum absolute atomic E-state index is 0. The monoisotopic (exact) mass is 499 g/mol. The Bertz CT molecular complexity index is 706. The average molecular weight is 499 g/mol. The molecule has 0 aliphatic carbocycles. The van der Waals surface area contributed by atoms with Crippen LogP contribution in [0.5, 0.6) is 0 Å². The van der Waals surface area contributed by atoms with Crippen molar-refractivity contribution in [2.75, 3.05) is 31.6 Å². The van der Waals surface area contributed by atoms with Crippen LogP contribution in [0, 0.1) is 0 Å². The van der Waals surface area contributed by atoms with E-state index >= 15 is 0 Å². The van der Waals surface area contributed by atoms with E-state index in [-0.39, 0.29) is 29.4 Å². The van der Waals surface area contributed by atoms with E-state index in [0.717, 1.165) is 37.0 Å². The van der Waals surface area contributed by atoms with Gasteiger partial charge in [-0.05, 0) is 35.9 Å². The van der Waals surface area contributed by atoms with Crippen LogP contribution in [0.25, 0.3) is 0 Å². The Morgan fingerprint density at radius 2 is 2.00 bits per heavy atom. The molecule has 3 heterocycles. The lowest BCUT2D eigenvalue weighted by atomic mass is 9.91. The Labute approximate surface area is 183 Å². The minimum Gasteiger partial charge on any atom is -0.357 e. The highest BCUT2D eigenvalue weighted by Gasteiger charge is 2.21. The summed E-state index contributed by atoms with van der Waals surface area (Å²) in [5, 5.41) is 8.95. The number of aliphatic imine (C=N–C) groups is 1. The third kappa shape index (κ3) is 6.07. The van der Waals surface area contributed by atoms with Gasteiger partial charge in [-0.2, -0.15) is 0 Å². The molecule has 0 bridgehead atoms. The van der Waals surface area contributed by atoms with Gasteiger partial charge < -0.3 is 15.5 Å². The molecule has 0 aromatic carbocycles. The minimum atomic E-state index is 0. The number of nitrogens with one attached hydrogen (secondary N) is 2. The molecule has 0 radical (unpaired) electrons. The number of hydrogen-bond acceptors (Lipinski definition) is 4. The average Bonchev–Trinajstić information content (AvgIpc) is 3.36. The van der Waals surface area contributed by atoms with E-state index in [0.29, 0.717) is 6.54 Å². The molecule has 2 aromatic heterocycles. The maximum absolute atomic E-state index is 4.61. The van der Waals surface area contributed by atoms with Crippen LogP contribution in [0.3, 0.4) is 0 Å². The van der Waals surface area contributed by atoms with Gasteiger partial charge in [0.05, 0.1) is 0 Å². The summed E-state index contributed by atoms with van der Waals surface area (Å²) in [5.41, 5.74) is 1.23. The standard InChI is InChI=1S/C20H29N5S.HI/c1-20(2,17-7-6-12-26-17)15-24-19(21-3)23-14-16-8-9-18(22-13-16)25-10-4-5-11-25;/h6-9,12-13H,4-5,10-11,14-15H2,1-3H3,(H2,21,23,24);1H. The van der Waals surface area contributed by atoms with Crippen molar-refractivity contribution in [1.29, 1.82) is 0 Å². The lowest BCUT2D eigenvalue weighted by Crippen LogP contribution is -2.42. The van der Waals surface area contributed by atoms with Crippen LogP contribution in [-0.2, 0) is 12.0 Å². The Morgan fingerprint density at radius 3 is 2.59 bits per heavy atom. The zero-order chi connectivity index (χ0) is 18.4. The number of rotatable bonds is 6. The van der Waals surface area contributed by atoms with Crippen molar-refractivity contribution in [3.05, 3.63) is 46.3 Å². The summed E-state index contributed by atoms with van der Waals surface area (Å²) in [6.45, 7) is 8.30. The first-order valence-corrected chi connectivity index (χ1v) is 10.1. The molecule has 3 rings (SSSR count). The van der Waals surface area contributed by atoms with Gasteiger partial charge in [0.15, 0.2) is 5.96 Å². The molecule has 148 valence electrons. The van der Waals surface area contributed by atoms with Crippen molar-refractivity contribution >= 4 is 47.1 Å².